The maximum atomic E-state index is 13.0. The molecule has 7 heteroatoms. The molecular weight excluding hydrogens is 427 g/mol. The first-order valence-electron chi connectivity index (χ1n) is 9.42. The standard InChI is InChI=1S/C22H26Cl2N2O2S/c1-15(2)25-22(28)16(3)26(12-17-6-4-8-19(23)10-17)21(27)14-29-13-18-7-5-9-20(24)11-18/h4-11,15-16H,12-14H2,1-3H3,(H,25,28)/t16-/m1/s1. The fraction of sp³-hybridized carbons (Fsp3) is 0.364. The van der Waals surface area contributed by atoms with Crippen LogP contribution in [0.15, 0.2) is 48.5 Å². The van der Waals surface area contributed by atoms with Gasteiger partial charge in [0.05, 0.1) is 5.75 Å². The van der Waals surface area contributed by atoms with Gasteiger partial charge in [0.25, 0.3) is 0 Å². The van der Waals surface area contributed by atoms with Crippen LogP contribution in [-0.2, 0) is 21.9 Å². The minimum atomic E-state index is -0.587. The van der Waals surface area contributed by atoms with E-state index in [4.69, 9.17) is 23.2 Å². The number of carbonyl (C=O) groups is 2. The van der Waals surface area contributed by atoms with Crippen LogP contribution >= 0.6 is 35.0 Å². The number of amides is 2. The summed E-state index contributed by atoms with van der Waals surface area (Å²) in [6, 6.07) is 14.3. The summed E-state index contributed by atoms with van der Waals surface area (Å²) in [4.78, 5) is 27.1. The molecule has 0 bridgehead atoms. The summed E-state index contributed by atoms with van der Waals surface area (Å²) in [5.41, 5.74) is 1.94. The average molecular weight is 453 g/mol. The predicted octanol–water partition coefficient (Wildman–Crippen LogP) is 5.17. The summed E-state index contributed by atoms with van der Waals surface area (Å²) < 4.78 is 0. The number of thioether (sulfide) groups is 1. The summed E-state index contributed by atoms with van der Waals surface area (Å²) >= 11 is 13.6. The maximum Gasteiger partial charge on any atom is 0.242 e. The zero-order valence-electron chi connectivity index (χ0n) is 16.8. The average Bonchev–Trinajstić information content (AvgIpc) is 2.65. The van der Waals surface area contributed by atoms with Gasteiger partial charge in [-0.2, -0.15) is 0 Å². The van der Waals surface area contributed by atoms with Crippen LogP contribution in [-0.4, -0.2) is 34.6 Å². The van der Waals surface area contributed by atoms with Crippen LogP contribution in [0.3, 0.4) is 0 Å². The van der Waals surface area contributed by atoms with Crippen molar-refractivity contribution in [2.24, 2.45) is 0 Å². The van der Waals surface area contributed by atoms with Gasteiger partial charge in [0.1, 0.15) is 6.04 Å². The highest BCUT2D eigenvalue weighted by Gasteiger charge is 2.26. The molecule has 1 N–H and O–H groups in total. The van der Waals surface area contributed by atoms with E-state index in [1.165, 1.54) is 11.8 Å². The second kappa shape index (κ2) is 11.5. The second-order valence-electron chi connectivity index (χ2n) is 7.11. The minimum absolute atomic E-state index is 0.00489. The van der Waals surface area contributed by atoms with E-state index in [9.17, 15) is 9.59 Å². The molecule has 0 saturated carbocycles. The molecule has 0 spiro atoms. The van der Waals surface area contributed by atoms with E-state index in [0.29, 0.717) is 22.3 Å². The molecule has 0 radical (unpaired) electrons. The van der Waals surface area contributed by atoms with Crippen LogP contribution < -0.4 is 5.32 Å². The lowest BCUT2D eigenvalue weighted by atomic mass is 10.1. The molecule has 0 aliphatic heterocycles. The Labute approximate surface area is 187 Å². The minimum Gasteiger partial charge on any atom is -0.352 e. The predicted molar refractivity (Wildman–Crippen MR) is 122 cm³/mol. The summed E-state index contributed by atoms with van der Waals surface area (Å²) in [5, 5.41) is 4.16. The van der Waals surface area contributed by atoms with Crippen LogP contribution in [0.2, 0.25) is 10.0 Å². The van der Waals surface area contributed by atoms with E-state index in [0.717, 1.165) is 11.1 Å². The Kier molecular flexibility index (Phi) is 9.34. The number of nitrogens with zero attached hydrogens (tertiary/aromatic N) is 1. The van der Waals surface area contributed by atoms with Crippen molar-refractivity contribution in [1.82, 2.24) is 10.2 Å². The molecule has 0 aliphatic carbocycles. The highest BCUT2D eigenvalue weighted by molar-refractivity contribution is 7.99. The fourth-order valence-electron chi connectivity index (χ4n) is 2.79. The number of rotatable bonds is 9. The first-order valence-corrected chi connectivity index (χ1v) is 11.3. The molecule has 0 unspecified atom stereocenters. The van der Waals surface area contributed by atoms with E-state index in [1.54, 1.807) is 17.9 Å². The van der Waals surface area contributed by atoms with E-state index in [2.05, 4.69) is 5.32 Å². The van der Waals surface area contributed by atoms with Gasteiger partial charge in [0, 0.05) is 28.4 Å². The van der Waals surface area contributed by atoms with Gasteiger partial charge >= 0.3 is 0 Å². The van der Waals surface area contributed by atoms with Crippen LogP contribution in [0.25, 0.3) is 0 Å². The Morgan fingerprint density at radius 3 is 2.17 bits per heavy atom. The third-order valence-electron chi connectivity index (χ3n) is 4.22. The highest BCUT2D eigenvalue weighted by Crippen LogP contribution is 2.19. The van der Waals surface area contributed by atoms with Gasteiger partial charge in [-0.3, -0.25) is 9.59 Å². The third kappa shape index (κ3) is 7.92. The largest absolute Gasteiger partial charge is 0.352 e. The molecule has 1 atom stereocenters. The Morgan fingerprint density at radius 2 is 1.59 bits per heavy atom. The maximum absolute atomic E-state index is 13.0. The lowest BCUT2D eigenvalue weighted by Crippen LogP contribution is -2.49. The summed E-state index contributed by atoms with van der Waals surface area (Å²) in [5.74, 6) is 0.676. The van der Waals surface area contributed by atoms with Crippen molar-refractivity contribution in [3.63, 3.8) is 0 Å². The first-order chi connectivity index (χ1) is 13.8. The number of carbonyl (C=O) groups excluding carboxylic acids is 2. The van der Waals surface area contributed by atoms with Crippen LogP contribution in [0, 0.1) is 0 Å². The topological polar surface area (TPSA) is 49.4 Å². The quantitative estimate of drug-likeness (QED) is 0.570. The van der Waals surface area contributed by atoms with Crippen LogP contribution in [0.5, 0.6) is 0 Å². The lowest BCUT2D eigenvalue weighted by Gasteiger charge is -2.29. The Hall–Kier alpha value is -1.69. The number of nitrogens with one attached hydrogen (secondary N) is 1. The van der Waals surface area contributed by atoms with Gasteiger partial charge in [-0.25, -0.2) is 0 Å². The summed E-state index contributed by atoms with van der Waals surface area (Å²) in [6.07, 6.45) is 0. The van der Waals surface area contributed by atoms with Gasteiger partial charge < -0.3 is 10.2 Å². The van der Waals surface area contributed by atoms with E-state index in [-0.39, 0.29) is 23.6 Å². The molecular formula is C22H26Cl2N2O2S. The molecule has 2 aromatic rings. The number of hydrogen-bond acceptors (Lipinski definition) is 3. The zero-order chi connectivity index (χ0) is 21.4. The normalized spacial score (nSPS) is 11.9. The van der Waals surface area contributed by atoms with E-state index in [1.807, 2.05) is 56.3 Å². The third-order valence-corrected chi connectivity index (χ3v) is 5.68. The van der Waals surface area contributed by atoms with Gasteiger partial charge in [-0.1, -0.05) is 47.5 Å². The number of halogens is 2. The van der Waals surface area contributed by atoms with E-state index >= 15 is 0 Å². The molecule has 2 rings (SSSR count). The lowest BCUT2D eigenvalue weighted by molar-refractivity contribution is -0.138. The Balaban J connectivity index is 2.07. The molecule has 0 heterocycles. The smallest absolute Gasteiger partial charge is 0.242 e. The monoisotopic (exact) mass is 452 g/mol. The number of benzene rings is 2. The van der Waals surface area contributed by atoms with Gasteiger partial charge in [-0.15, -0.1) is 11.8 Å². The van der Waals surface area contributed by atoms with Gasteiger partial charge in [0.2, 0.25) is 11.8 Å². The van der Waals surface area contributed by atoms with Gasteiger partial charge in [0.15, 0.2) is 0 Å². The number of hydrogen-bond donors (Lipinski definition) is 1. The fourth-order valence-corrected chi connectivity index (χ4v) is 4.07. The highest BCUT2D eigenvalue weighted by atomic mass is 35.5. The van der Waals surface area contributed by atoms with E-state index < -0.39 is 6.04 Å². The molecule has 156 valence electrons. The molecule has 0 aliphatic rings. The van der Waals surface area contributed by atoms with Crippen molar-refractivity contribution in [3.8, 4) is 0 Å². The SMILES string of the molecule is CC(C)NC(=O)[C@@H](C)N(Cc1cccc(Cl)c1)C(=O)CSCc1cccc(Cl)c1. The molecule has 0 fully saturated rings. The zero-order valence-corrected chi connectivity index (χ0v) is 19.2. The van der Waals surface area contributed by atoms with Crippen LogP contribution in [0.4, 0.5) is 0 Å². The summed E-state index contributed by atoms with van der Waals surface area (Å²) in [7, 11) is 0. The Bertz CT molecular complexity index is 845. The van der Waals surface area contributed by atoms with Crippen molar-refractivity contribution < 1.29 is 9.59 Å². The molecule has 4 nitrogen and oxygen atoms in total. The second-order valence-corrected chi connectivity index (χ2v) is 8.97. The van der Waals surface area contributed by atoms with Crippen molar-refractivity contribution in [2.75, 3.05) is 5.75 Å². The molecule has 0 aromatic heterocycles. The van der Waals surface area contributed by atoms with Crippen LogP contribution in [0.1, 0.15) is 31.9 Å². The Morgan fingerprint density at radius 1 is 1.00 bits per heavy atom. The van der Waals surface area contributed by atoms with Gasteiger partial charge in [-0.05, 0) is 56.2 Å². The van der Waals surface area contributed by atoms with Crippen molar-refractivity contribution in [2.45, 2.75) is 45.2 Å². The summed E-state index contributed by atoms with van der Waals surface area (Å²) in [6.45, 7) is 5.87. The van der Waals surface area contributed by atoms with Crippen molar-refractivity contribution in [1.29, 1.82) is 0 Å². The van der Waals surface area contributed by atoms with Crippen molar-refractivity contribution >= 4 is 46.8 Å². The molecule has 2 amide bonds. The van der Waals surface area contributed by atoms with Crippen molar-refractivity contribution in [3.05, 3.63) is 69.7 Å². The molecule has 29 heavy (non-hydrogen) atoms. The molecule has 2 aromatic carbocycles. The molecule has 0 saturated heterocycles. The first kappa shape index (κ1) is 23.6.